The van der Waals surface area contributed by atoms with Gasteiger partial charge in [0, 0.05) is 19.2 Å². The maximum absolute atomic E-state index is 12.0. The number of halogens is 1. The molecule has 0 N–H and O–H groups in total. The summed E-state index contributed by atoms with van der Waals surface area (Å²) in [6.45, 7) is 2.15. The summed E-state index contributed by atoms with van der Waals surface area (Å²) >= 11 is 5.67. The van der Waals surface area contributed by atoms with E-state index < -0.39 is 17.4 Å². The van der Waals surface area contributed by atoms with Crippen LogP contribution >= 0.6 is 11.6 Å². The Balaban J connectivity index is 2.42. The predicted molar refractivity (Wildman–Crippen MR) is 68.1 cm³/mol. The summed E-state index contributed by atoms with van der Waals surface area (Å²) in [6.07, 6.45) is 1.15. The Labute approximate surface area is 113 Å². The normalized spacial score (nSPS) is 17.7. The van der Waals surface area contributed by atoms with E-state index in [4.69, 9.17) is 21.7 Å². The van der Waals surface area contributed by atoms with Crippen molar-refractivity contribution < 1.29 is 4.84 Å². The van der Waals surface area contributed by atoms with Gasteiger partial charge in [0.1, 0.15) is 16.8 Å². The van der Waals surface area contributed by atoms with Gasteiger partial charge in [0.25, 0.3) is 5.56 Å². The van der Waals surface area contributed by atoms with Gasteiger partial charge in [0.2, 0.25) is 0 Å². The molecule has 100 valence electrons. The molecule has 19 heavy (non-hydrogen) atoms. The second-order valence-electron chi connectivity index (χ2n) is 4.04. The summed E-state index contributed by atoms with van der Waals surface area (Å²) in [5.74, 6) is 0. The first-order chi connectivity index (χ1) is 9.06. The third-order valence-corrected chi connectivity index (χ3v) is 3.00. The Morgan fingerprint density at radius 2 is 2.37 bits per heavy atom. The molecule has 0 spiro atoms. The van der Waals surface area contributed by atoms with Crippen molar-refractivity contribution >= 4 is 16.8 Å². The highest BCUT2D eigenvalue weighted by molar-refractivity contribution is 6.65. The highest BCUT2D eigenvalue weighted by atomic mass is 35.5. The largest absolute Gasteiger partial charge is 0.389 e. The first-order valence-corrected chi connectivity index (χ1v) is 6.07. The van der Waals surface area contributed by atoms with Crippen molar-refractivity contribution in [2.45, 2.75) is 32.5 Å². The van der Waals surface area contributed by atoms with E-state index in [1.807, 2.05) is 0 Å². The topological polar surface area (TPSA) is 89.4 Å². The molecular weight excluding hydrogens is 272 g/mol. The van der Waals surface area contributed by atoms with Crippen LogP contribution in [0.15, 0.2) is 20.9 Å². The van der Waals surface area contributed by atoms with Crippen molar-refractivity contribution in [3.63, 3.8) is 0 Å². The lowest BCUT2D eigenvalue weighted by Gasteiger charge is -2.12. The van der Waals surface area contributed by atoms with E-state index in [0.717, 1.165) is 4.57 Å². The lowest BCUT2D eigenvalue weighted by Crippen LogP contribution is -2.43. The molecule has 1 aromatic heterocycles. The molecule has 0 amide bonds. The maximum Gasteiger partial charge on any atom is 0.331 e. The Bertz CT molecular complexity index is 683. The van der Waals surface area contributed by atoms with E-state index in [9.17, 15) is 9.59 Å². The van der Waals surface area contributed by atoms with Gasteiger partial charge < -0.3 is 4.84 Å². The molecular formula is C11H11ClN4O3. The van der Waals surface area contributed by atoms with Gasteiger partial charge in [-0.2, -0.15) is 5.26 Å². The molecule has 1 aliphatic rings. The molecule has 7 nitrogen and oxygen atoms in total. The van der Waals surface area contributed by atoms with Crippen LogP contribution in [0.5, 0.6) is 0 Å². The summed E-state index contributed by atoms with van der Waals surface area (Å²) in [7, 11) is 0. The zero-order valence-corrected chi connectivity index (χ0v) is 10.9. The molecule has 8 heteroatoms. The first kappa shape index (κ1) is 13.4. The fourth-order valence-corrected chi connectivity index (χ4v) is 2.03. The van der Waals surface area contributed by atoms with Crippen molar-refractivity contribution in [3.05, 3.63) is 32.6 Å². The van der Waals surface area contributed by atoms with Crippen LogP contribution in [0.4, 0.5) is 0 Å². The minimum atomic E-state index is -0.621. The molecule has 2 heterocycles. The van der Waals surface area contributed by atoms with Gasteiger partial charge >= 0.3 is 5.69 Å². The Hall–Kier alpha value is -2.07. The van der Waals surface area contributed by atoms with Crippen LogP contribution in [-0.2, 0) is 17.9 Å². The highest BCUT2D eigenvalue weighted by Gasteiger charge is 2.22. The zero-order valence-electron chi connectivity index (χ0n) is 10.2. The molecule has 0 aliphatic carbocycles. The maximum atomic E-state index is 12.0. The molecule has 0 bridgehead atoms. The number of hydrogen-bond acceptors (Lipinski definition) is 5. The summed E-state index contributed by atoms with van der Waals surface area (Å²) < 4.78 is 2.29. The van der Waals surface area contributed by atoms with Crippen LogP contribution in [0.25, 0.3) is 0 Å². The van der Waals surface area contributed by atoms with Crippen LogP contribution in [0.3, 0.4) is 0 Å². The number of hydrogen-bond donors (Lipinski definition) is 0. The van der Waals surface area contributed by atoms with Crippen LogP contribution in [-0.4, -0.2) is 20.4 Å². The molecule has 0 fully saturated rings. The molecule has 1 aromatic rings. The van der Waals surface area contributed by atoms with Crippen molar-refractivity contribution in [3.8, 4) is 6.07 Å². The fraction of sp³-hybridized carbons (Fsp3) is 0.455. The first-order valence-electron chi connectivity index (χ1n) is 5.69. The third-order valence-electron chi connectivity index (χ3n) is 2.78. The van der Waals surface area contributed by atoms with Gasteiger partial charge in [0.15, 0.2) is 6.10 Å². The van der Waals surface area contributed by atoms with Gasteiger partial charge in [-0.25, -0.2) is 4.79 Å². The highest BCUT2D eigenvalue weighted by Crippen LogP contribution is 2.13. The molecule has 0 aromatic carbocycles. The predicted octanol–water partition coefficient (Wildman–Crippen LogP) is 0.243. The van der Waals surface area contributed by atoms with E-state index >= 15 is 0 Å². The van der Waals surface area contributed by atoms with Crippen molar-refractivity contribution in [2.24, 2.45) is 5.16 Å². The average Bonchev–Trinajstić information content (AvgIpc) is 2.80. The lowest BCUT2D eigenvalue weighted by molar-refractivity contribution is 0.0703. The second kappa shape index (κ2) is 5.28. The minimum absolute atomic E-state index is 0.0207. The van der Waals surface area contributed by atoms with Gasteiger partial charge in [-0.1, -0.05) is 16.8 Å². The molecule has 0 radical (unpaired) electrons. The monoisotopic (exact) mass is 282 g/mol. The zero-order chi connectivity index (χ0) is 14.0. The molecule has 2 rings (SSSR count). The third kappa shape index (κ3) is 2.53. The van der Waals surface area contributed by atoms with Crippen LogP contribution in [0.2, 0.25) is 0 Å². The second-order valence-corrected chi connectivity index (χ2v) is 4.47. The van der Waals surface area contributed by atoms with E-state index in [-0.39, 0.29) is 12.1 Å². The van der Waals surface area contributed by atoms with Crippen LogP contribution in [0.1, 0.15) is 18.9 Å². The van der Waals surface area contributed by atoms with E-state index in [1.165, 1.54) is 10.8 Å². The quantitative estimate of drug-likeness (QED) is 0.794. The summed E-state index contributed by atoms with van der Waals surface area (Å²) in [4.78, 5) is 29.0. The summed E-state index contributed by atoms with van der Waals surface area (Å²) in [5.41, 5.74) is -1.17. The molecule has 1 atom stereocenters. The average molecular weight is 283 g/mol. The minimum Gasteiger partial charge on any atom is -0.389 e. The standard InChI is InChI=1S/C11H11ClN4O3/c1-2-15-5-7(4-13)10(17)16(11(15)18)6-8-3-9(12)14-19-8/h5,8H,2-3,6H2,1H3. The smallest absolute Gasteiger partial charge is 0.331 e. The van der Waals surface area contributed by atoms with E-state index in [0.29, 0.717) is 18.1 Å². The SMILES string of the molecule is CCn1cc(C#N)c(=O)n(CC2CC(Cl)=NO2)c1=O. The van der Waals surface area contributed by atoms with Crippen LogP contribution < -0.4 is 11.2 Å². The lowest BCUT2D eigenvalue weighted by atomic mass is 10.2. The van der Waals surface area contributed by atoms with E-state index in [2.05, 4.69) is 5.16 Å². The summed E-state index contributed by atoms with van der Waals surface area (Å²) in [6, 6.07) is 1.78. The molecule has 1 aliphatic heterocycles. The van der Waals surface area contributed by atoms with Gasteiger partial charge in [0.05, 0.1) is 6.54 Å². The van der Waals surface area contributed by atoms with Crippen molar-refractivity contribution in [1.29, 1.82) is 5.26 Å². The Morgan fingerprint density at radius 1 is 1.63 bits per heavy atom. The summed E-state index contributed by atoms with van der Waals surface area (Å²) in [5, 5.41) is 12.8. The Kier molecular flexibility index (Phi) is 3.71. The van der Waals surface area contributed by atoms with Gasteiger partial charge in [-0.15, -0.1) is 0 Å². The molecule has 0 saturated carbocycles. The molecule has 1 unspecified atom stereocenters. The number of aromatic nitrogens is 2. The van der Waals surface area contributed by atoms with Gasteiger partial charge in [-0.3, -0.25) is 13.9 Å². The van der Waals surface area contributed by atoms with Gasteiger partial charge in [-0.05, 0) is 6.92 Å². The van der Waals surface area contributed by atoms with Crippen LogP contribution in [0, 0.1) is 11.3 Å². The van der Waals surface area contributed by atoms with Crippen molar-refractivity contribution in [2.75, 3.05) is 0 Å². The fourth-order valence-electron chi connectivity index (χ4n) is 1.81. The van der Waals surface area contributed by atoms with Crippen molar-refractivity contribution in [1.82, 2.24) is 9.13 Å². The number of aryl methyl sites for hydroxylation is 1. The molecule has 0 saturated heterocycles. The number of nitrogens with zero attached hydrogens (tertiary/aromatic N) is 4. The Morgan fingerprint density at radius 3 is 2.89 bits per heavy atom. The number of rotatable bonds is 3. The number of oxime groups is 1. The van der Waals surface area contributed by atoms with E-state index in [1.54, 1.807) is 13.0 Å². The number of nitriles is 1.